The summed E-state index contributed by atoms with van der Waals surface area (Å²) in [5, 5.41) is 6.95. The van der Waals surface area contributed by atoms with Gasteiger partial charge < -0.3 is 10.2 Å². The number of hydrogen-bond acceptors (Lipinski definition) is 4. The molecule has 2 heterocycles. The van der Waals surface area contributed by atoms with Crippen LogP contribution >= 0.6 is 0 Å². The molecule has 2 aliphatic rings. The van der Waals surface area contributed by atoms with E-state index >= 15 is 0 Å². The van der Waals surface area contributed by atoms with Crippen molar-refractivity contribution in [1.29, 1.82) is 0 Å². The van der Waals surface area contributed by atoms with Gasteiger partial charge in [0.05, 0.1) is 6.54 Å². The van der Waals surface area contributed by atoms with Crippen molar-refractivity contribution >= 4 is 11.8 Å². The van der Waals surface area contributed by atoms with Crippen molar-refractivity contribution in [2.75, 3.05) is 0 Å². The van der Waals surface area contributed by atoms with Crippen LogP contribution in [-0.2, 0) is 23.2 Å². The van der Waals surface area contributed by atoms with Crippen molar-refractivity contribution in [2.45, 2.75) is 51.2 Å². The molecule has 114 valence electrons. The normalized spacial score (nSPS) is 29.7. The first kappa shape index (κ1) is 14.0. The molecule has 0 spiro atoms. The minimum Gasteiger partial charge on any atom is -0.340 e. The van der Waals surface area contributed by atoms with E-state index in [-0.39, 0.29) is 23.8 Å². The number of nitrogens with one attached hydrogen (secondary N) is 1. The highest BCUT2D eigenvalue weighted by Crippen LogP contribution is 2.39. The highest BCUT2D eigenvalue weighted by atomic mass is 16.2. The van der Waals surface area contributed by atoms with Gasteiger partial charge in [0, 0.05) is 7.05 Å². The molecule has 1 saturated carbocycles. The van der Waals surface area contributed by atoms with Gasteiger partial charge in [-0.25, -0.2) is 4.98 Å². The van der Waals surface area contributed by atoms with E-state index in [2.05, 4.69) is 15.4 Å². The second kappa shape index (κ2) is 4.82. The Labute approximate surface area is 123 Å². The molecule has 2 fully saturated rings. The zero-order valence-electron chi connectivity index (χ0n) is 12.7. The highest BCUT2D eigenvalue weighted by Gasteiger charge is 2.52. The van der Waals surface area contributed by atoms with Crippen molar-refractivity contribution in [3.63, 3.8) is 0 Å². The lowest BCUT2D eigenvalue weighted by Crippen LogP contribution is -2.69. The molecule has 1 aliphatic carbocycles. The van der Waals surface area contributed by atoms with Gasteiger partial charge in [-0.2, -0.15) is 5.10 Å². The average molecular weight is 291 g/mol. The molecule has 1 N–H and O–H groups in total. The Morgan fingerprint density at radius 1 is 1.43 bits per heavy atom. The number of piperazine rings is 1. The van der Waals surface area contributed by atoms with Crippen molar-refractivity contribution in [1.82, 2.24) is 25.0 Å². The van der Waals surface area contributed by atoms with Gasteiger partial charge in [0.15, 0.2) is 0 Å². The minimum absolute atomic E-state index is 0.0236. The summed E-state index contributed by atoms with van der Waals surface area (Å²) in [4.78, 5) is 31.2. The lowest BCUT2D eigenvalue weighted by Gasteiger charge is -2.44. The van der Waals surface area contributed by atoms with Gasteiger partial charge in [-0.05, 0) is 32.1 Å². The SMILES string of the molecule is CCC1(C)NC(=O)C(C2CC2)N(Cc2ncnn2C)C1=O. The van der Waals surface area contributed by atoms with E-state index in [1.807, 2.05) is 6.92 Å². The third kappa shape index (κ3) is 2.30. The molecule has 7 nitrogen and oxygen atoms in total. The summed E-state index contributed by atoms with van der Waals surface area (Å²) in [6.45, 7) is 4.04. The van der Waals surface area contributed by atoms with Gasteiger partial charge in [0.25, 0.3) is 0 Å². The molecule has 2 atom stereocenters. The molecule has 0 aromatic carbocycles. The van der Waals surface area contributed by atoms with E-state index in [0.717, 1.165) is 12.8 Å². The number of aromatic nitrogens is 3. The van der Waals surface area contributed by atoms with E-state index < -0.39 is 5.54 Å². The molecule has 1 aromatic heterocycles. The lowest BCUT2D eigenvalue weighted by molar-refractivity contribution is -0.156. The zero-order valence-corrected chi connectivity index (χ0v) is 12.7. The van der Waals surface area contributed by atoms with E-state index in [1.54, 1.807) is 23.6 Å². The molecule has 3 rings (SSSR count). The monoisotopic (exact) mass is 291 g/mol. The fraction of sp³-hybridized carbons (Fsp3) is 0.714. The highest BCUT2D eigenvalue weighted by molar-refractivity contribution is 5.99. The van der Waals surface area contributed by atoms with Crippen LogP contribution in [-0.4, -0.2) is 43.1 Å². The Kier molecular flexibility index (Phi) is 3.22. The van der Waals surface area contributed by atoms with Gasteiger partial charge >= 0.3 is 0 Å². The Morgan fingerprint density at radius 3 is 2.67 bits per heavy atom. The molecule has 21 heavy (non-hydrogen) atoms. The van der Waals surface area contributed by atoms with Crippen molar-refractivity contribution in [3.05, 3.63) is 12.2 Å². The summed E-state index contributed by atoms with van der Waals surface area (Å²) in [6.07, 6.45) is 4.05. The van der Waals surface area contributed by atoms with E-state index in [9.17, 15) is 9.59 Å². The molecule has 1 aliphatic heterocycles. The van der Waals surface area contributed by atoms with Crippen LogP contribution in [0.5, 0.6) is 0 Å². The maximum atomic E-state index is 12.9. The van der Waals surface area contributed by atoms with Gasteiger partial charge in [0.2, 0.25) is 11.8 Å². The Bertz CT molecular complexity index is 580. The number of nitrogens with zero attached hydrogens (tertiary/aromatic N) is 4. The van der Waals surface area contributed by atoms with Crippen LogP contribution in [0.2, 0.25) is 0 Å². The second-order valence-electron chi connectivity index (χ2n) is 6.19. The number of hydrogen-bond donors (Lipinski definition) is 1. The number of amides is 2. The summed E-state index contributed by atoms with van der Waals surface area (Å²) in [7, 11) is 1.79. The topological polar surface area (TPSA) is 80.1 Å². The van der Waals surface area contributed by atoms with E-state index in [4.69, 9.17) is 0 Å². The zero-order chi connectivity index (χ0) is 15.2. The lowest BCUT2D eigenvalue weighted by atomic mass is 9.90. The third-order valence-corrected chi connectivity index (χ3v) is 4.63. The summed E-state index contributed by atoms with van der Waals surface area (Å²) in [5.41, 5.74) is -0.818. The van der Waals surface area contributed by atoms with Crippen molar-refractivity contribution < 1.29 is 9.59 Å². The van der Waals surface area contributed by atoms with E-state index in [0.29, 0.717) is 18.8 Å². The maximum absolute atomic E-state index is 12.9. The maximum Gasteiger partial charge on any atom is 0.249 e. The Morgan fingerprint density at radius 2 is 2.14 bits per heavy atom. The van der Waals surface area contributed by atoms with Crippen LogP contribution in [0, 0.1) is 5.92 Å². The smallest absolute Gasteiger partial charge is 0.249 e. The molecule has 2 unspecified atom stereocenters. The van der Waals surface area contributed by atoms with Crippen LogP contribution in [0.1, 0.15) is 38.9 Å². The minimum atomic E-state index is -0.818. The fourth-order valence-corrected chi connectivity index (χ4v) is 2.89. The summed E-state index contributed by atoms with van der Waals surface area (Å²) in [6, 6.07) is -0.367. The van der Waals surface area contributed by atoms with Crippen LogP contribution in [0.4, 0.5) is 0 Å². The van der Waals surface area contributed by atoms with Gasteiger partial charge in [-0.3, -0.25) is 14.3 Å². The van der Waals surface area contributed by atoms with Crippen molar-refractivity contribution in [3.8, 4) is 0 Å². The number of rotatable bonds is 4. The van der Waals surface area contributed by atoms with Gasteiger partial charge in [-0.1, -0.05) is 6.92 Å². The largest absolute Gasteiger partial charge is 0.340 e. The molecule has 1 aromatic rings. The van der Waals surface area contributed by atoms with Crippen LogP contribution < -0.4 is 5.32 Å². The fourth-order valence-electron chi connectivity index (χ4n) is 2.89. The third-order valence-electron chi connectivity index (χ3n) is 4.63. The second-order valence-corrected chi connectivity index (χ2v) is 6.19. The van der Waals surface area contributed by atoms with Gasteiger partial charge in [-0.15, -0.1) is 0 Å². The molecule has 0 bridgehead atoms. The van der Waals surface area contributed by atoms with Crippen LogP contribution in [0.15, 0.2) is 6.33 Å². The predicted octanol–water partition coefficient (Wildman–Crippen LogP) is 0.221. The summed E-state index contributed by atoms with van der Waals surface area (Å²) >= 11 is 0. The first-order valence-corrected chi connectivity index (χ1v) is 7.42. The quantitative estimate of drug-likeness (QED) is 0.860. The van der Waals surface area contributed by atoms with Crippen LogP contribution in [0.3, 0.4) is 0 Å². The standard InChI is InChI=1S/C14H21N5O2/c1-4-14(2)13(21)19(7-10-15-8-16-18(10)3)11(9-5-6-9)12(20)17-14/h8-9,11H,4-7H2,1-3H3,(H,17,20). The Hall–Kier alpha value is -1.92. The first-order chi connectivity index (χ1) is 9.96. The molecular weight excluding hydrogens is 270 g/mol. The molecule has 7 heteroatoms. The average Bonchev–Trinajstić information content (AvgIpc) is 3.20. The summed E-state index contributed by atoms with van der Waals surface area (Å²) in [5.74, 6) is 0.916. The molecular formula is C14H21N5O2. The predicted molar refractivity (Wildman–Crippen MR) is 74.9 cm³/mol. The Balaban J connectivity index is 1.92. The van der Waals surface area contributed by atoms with Gasteiger partial charge in [0.1, 0.15) is 23.7 Å². The first-order valence-electron chi connectivity index (χ1n) is 7.42. The summed E-state index contributed by atoms with van der Waals surface area (Å²) < 4.78 is 1.65. The molecule has 0 radical (unpaired) electrons. The number of carbonyl (C=O) groups is 2. The number of carbonyl (C=O) groups excluding carboxylic acids is 2. The molecule has 1 saturated heterocycles. The van der Waals surface area contributed by atoms with Crippen molar-refractivity contribution in [2.24, 2.45) is 13.0 Å². The molecule has 2 amide bonds. The van der Waals surface area contributed by atoms with E-state index in [1.165, 1.54) is 6.33 Å². The number of aryl methyl sites for hydroxylation is 1. The van der Waals surface area contributed by atoms with Crippen LogP contribution in [0.25, 0.3) is 0 Å².